The Balaban J connectivity index is 1.32. The van der Waals surface area contributed by atoms with Gasteiger partial charge in [0.25, 0.3) is 5.91 Å². The van der Waals surface area contributed by atoms with Gasteiger partial charge in [0.1, 0.15) is 6.17 Å². The molecule has 43 heavy (non-hydrogen) atoms. The lowest BCUT2D eigenvalue weighted by atomic mass is 10.0. The summed E-state index contributed by atoms with van der Waals surface area (Å²) in [6, 6.07) is 9.31. The van der Waals surface area contributed by atoms with Crippen LogP contribution in [0.4, 0.5) is 10.1 Å². The van der Waals surface area contributed by atoms with Gasteiger partial charge < -0.3 is 20.5 Å². The van der Waals surface area contributed by atoms with Crippen LogP contribution in [-0.2, 0) is 31.6 Å². The van der Waals surface area contributed by atoms with Crippen molar-refractivity contribution in [1.29, 1.82) is 0 Å². The number of fused-ring (bicyclic) bond motifs is 1. The zero-order valence-corrected chi connectivity index (χ0v) is 26.2. The minimum Gasteiger partial charge on any atom is -0.359 e. The van der Waals surface area contributed by atoms with E-state index in [0.29, 0.717) is 67.1 Å². The van der Waals surface area contributed by atoms with Gasteiger partial charge in [-0.2, -0.15) is 0 Å². The van der Waals surface area contributed by atoms with Crippen LogP contribution in [0.2, 0.25) is 10.0 Å². The van der Waals surface area contributed by atoms with Crippen molar-refractivity contribution in [1.82, 2.24) is 15.2 Å². The van der Waals surface area contributed by atoms with E-state index < -0.39 is 16.0 Å². The molecule has 0 spiro atoms. The Kier molecular flexibility index (Phi) is 9.31. The number of H-pyrrole nitrogens is 1. The number of aromatic nitrogens is 1. The average Bonchev–Trinajstić information content (AvgIpc) is 3.41. The van der Waals surface area contributed by atoms with Crippen LogP contribution < -0.4 is 10.6 Å². The summed E-state index contributed by atoms with van der Waals surface area (Å²) in [5.41, 5.74) is 4.69. The Bertz CT molecular complexity index is 1690. The van der Waals surface area contributed by atoms with Gasteiger partial charge in [0.05, 0.1) is 22.6 Å². The Hall–Kier alpha value is -3.18. The number of carbonyl (C=O) groups excluding carboxylic acids is 2. The van der Waals surface area contributed by atoms with E-state index in [-0.39, 0.29) is 38.9 Å². The van der Waals surface area contributed by atoms with Crippen LogP contribution in [0.5, 0.6) is 0 Å². The number of nitrogens with zero attached hydrogens (tertiary/aromatic N) is 1. The molecule has 0 radical (unpaired) electrons. The highest BCUT2D eigenvalue weighted by Gasteiger charge is 2.28. The lowest BCUT2D eigenvalue weighted by Crippen LogP contribution is -2.40. The van der Waals surface area contributed by atoms with Gasteiger partial charge in [0.2, 0.25) is 5.91 Å². The zero-order chi connectivity index (χ0) is 30.9. The number of hydrogen-bond donors (Lipinski definition) is 3. The number of aryl methyl sites for hydroxylation is 1. The molecule has 0 unspecified atom stereocenters. The lowest BCUT2D eigenvalue weighted by molar-refractivity contribution is -0.120. The smallest absolute Gasteiger partial charge is 0.256 e. The molecule has 1 aromatic heterocycles. The van der Waals surface area contributed by atoms with E-state index in [1.165, 1.54) is 12.1 Å². The fraction of sp³-hybridized carbons (Fsp3) is 0.355. The minimum absolute atomic E-state index is 0.0375. The Morgan fingerprint density at radius 3 is 2.51 bits per heavy atom. The van der Waals surface area contributed by atoms with Crippen LogP contribution in [0.25, 0.3) is 11.6 Å². The fourth-order valence-corrected chi connectivity index (χ4v) is 7.64. The molecule has 2 amide bonds. The number of sulfone groups is 1. The standard InChI is InChI=1S/C31H33Cl2FN4O4S/c1-18-22(16-30(39)35-10-13-38-11-8-20(34)9-12-38)19(2)36-29(18)15-24-23-14-21(6-7-28(23)37-31(24)40)43(41,42)17-25-26(32)4-3-5-27(25)33/h3-7,14-15,20,36H,8-13,16-17H2,1-2H3,(H,35,39)(H,37,40). The normalized spacial score (nSPS) is 16.9. The largest absolute Gasteiger partial charge is 0.359 e. The average molecular weight is 648 g/mol. The van der Waals surface area contributed by atoms with Crippen molar-refractivity contribution in [3.05, 3.63) is 80.1 Å². The molecule has 0 aliphatic carbocycles. The molecule has 228 valence electrons. The monoisotopic (exact) mass is 646 g/mol. The highest BCUT2D eigenvalue weighted by atomic mass is 35.5. The minimum atomic E-state index is -3.84. The zero-order valence-electron chi connectivity index (χ0n) is 23.9. The van der Waals surface area contributed by atoms with Crippen LogP contribution in [0.1, 0.15) is 46.5 Å². The summed E-state index contributed by atoms with van der Waals surface area (Å²) in [4.78, 5) is 31.1. The number of likely N-dealkylation sites (tertiary alicyclic amines) is 1. The van der Waals surface area contributed by atoms with Crippen molar-refractivity contribution in [3.8, 4) is 0 Å². The second-order valence-electron chi connectivity index (χ2n) is 11.0. The Morgan fingerprint density at radius 2 is 1.81 bits per heavy atom. The Morgan fingerprint density at radius 1 is 1.12 bits per heavy atom. The molecule has 3 N–H and O–H groups in total. The topological polar surface area (TPSA) is 111 Å². The number of carbonyl (C=O) groups is 2. The van der Waals surface area contributed by atoms with Gasteiger partial charge in [-0.15, -0.1) is 0 Å². The van der Waals surface area contributed by atoms with E-state index >= 15 is 0 Å². The summed E-state index contributed by atoms with van der Waals surface area (Å²) in [5.74, 6) is -0.870. The van der Waals surface area contributed by atoms with Gasteiger partial charge in [-0.1, -0.05) is 29.3 Å². The molecule has 2 aromatic carbocycles. The van der Waals surface area contributed by atoms with Crippen molar-refractivity contribution >= 4 is 62.2 Å². The predicted octanol–water partition coefficient (Wildman–Crippen LogP) is 5.50. The van der Waals surface area contributed by atoms with E-state index in [1.807, 2.05) is 13.8 Å². The SMILES string of the molecule is Cc1[nH]c(C=C2C(=O)Nc3ccc(S(=O)(=O)Cc4c(Cl)cccc4Cl)cc32)c(C)c1CC(=O)NCCN1CCC(F)CC1. The number of nitrogens with one attached hydrogen (secondary N) is 3. The van der Waals surface area contributed by atoms with E-state index in [9.17, 15) is 22.4 Å². The second-order valence-corrected chi connectivity index (χ2v) is 13.8. The van der Waals surface area contributed by atoms with Gasteiger partial charge in [0, 0.05) is 64.4 Å². The first-order valence-electron chi connectivity index (χ1n) is 14.1. The molecule has 8 nitrogen and oxygen atoms in total. The third-order valence-electron chi connectivity index (χ3n) is 8.05. The van der Waals surface area contributed by atoms with Crippen molar-refractivity contribution < 1.29 is 22.4 Å². The van der Waals surface area contributed by atoms with E-state index in [4.69, 9.17) is 23.2 Å². The summed E-state index contributed by atoms with van der Waals surface area (Å²) in [5, 5.41) is 6.26. The summed E-state index contributed by atoms with van der Waals surface area (Å²) in [7, 11) is -3.84. The number of rotatable bonds is 9. The number of alkyl halides is 1. The summed E-state index contributed by atoms with van der Waals surface area (Å²) < 4.78 is 40.0. The molecule has 2 aliphatic rings. The number of anilines is 1. The van der Waals surface area contributed by atoms with E-state index in [1.54, 1.807) is 30.3 Å². The van der Waals surface area contributed by atoms with Crippen LogP contribution in [0.15, 0.2) is 41.3 Å². The molecule has 3 heterocycles. The molecule has 0 saturated carbocycles. The summed E-state index contributed by atoms with van der Waals surface area (Å²) >= 11 is 12.4. The van der Waals surface area contributed by atoms with Crippen LogP contribution in [0, 0.1) is 13.8 Å². The molecule has 3 aromatic rings. The van der Waals surface area contributed by atoms with Crippen LogP contribution in [0.3, 0.4) is 0 Å². The van der Waals surface area contributed by atoms with E-state index in [0.717, 1.165) is 16.8 Å². The van der Waals surface area contributed by atoms with Gasteiger partial charge >= 0.3 is 0 Å². The quantitative estimate of drug-likeness (QED) is 0.266. The maximum absolute atomic E-state index is 13.4. The first-order valence-corrected chi connectivity index (χ1v) is 16.5. The Labute approximate surface area is 260 Å². The molecular weight excluding hydrogens is 614 g/mol. The van der Waals surface area contributed by atoms with Crippen molar-refractivity contribution in [3.63, 3.8) is 0 Å². The van der Waals surface area contributed by atoms with E-state index in [2.05, 4.69) is 20.5 Å². The fourth-order valence-electron chi connectivity index (χ4n) is 5.52. The second kappa shape index (κ2) is 12.8. The molecule has 1 fully saturated rings. The molecule has 0 bridgehead atoms. The molecule has 2 aliphatic heterocycles. The van der Waals surface area contributed by atoms with Crippen LogP contribution in [-0.4, -0.2) is 62.5 Å². The highest BCUT2D eigenvalue weighted by molar-refractivity contribution is 7.90. The number of aromatic amines is 1. The third-order valence-corrected chi connectivity index (χ3v) is 10.4. The molecule has 0 atom stereocenters. The van der Waals surface area contributed by atoms with Crippen molar-refractivity contribution in [2.24, 2.45) is 0 Å². The summed E-state index contributed by atoms with van der Waals surface area (Å²) in [6.07, 6.45) is 2.18. The number of amides is 2. The van der Waals surface area contributed by atoms with Crippen molar-refractivity contribution in [2.75, 3.05) is 31.5 Å². The molecular formula is C31H33Cl2FN4O4S. The maximum Gasteiger partial charge on any atom is 0.256 e. The number of hydrogen-bond acceptors (Lipinski definition) is 5. The van der Waals surface area contributed by atoms with Crippen molar-refractivity contribution in [2.45, 2.75) is 49.9 Å². The predicted molar refractivity (Wildman–Crippen MR) is 168 cm³/mol. The van der Waals surface area contributed by atoms with Gasteiger partial charge in [0.15, 0.2) is 9.84 Å². The first-order chi connectivity index (χ1) is 20.4. The number of piperidine rings is 1. The van der Waals surface area contributed by atoms with Gasteiger partial charge in [-0.3, -0.25) is 9.59 Å². The van der Waals surface area contributed by atoms with Gasteiger partial charge in [-0.25, -0.2) is 12.8 Å². The molecule has 1 saturated heterocycles. The summed E-state index contributed by atoms with van der Waals surface area (Å²) in [6.45, 7) is 6.31. The first kappa shape index (κ1) is 31.3. The number of benzene rings is 2. The highest BCUT2D eigenvalue weighted by Crippen LogP contribution is 2.37. The van der Waals surface area contributed by atoms with Crippen LogP contribution >= 0.6 is 23.2 Å². The third kappa shape index (κ3) is 6.98. The maximum atomic E-state index is 13.4. The lowest BCUT2D eigenvalue weighted by Gasteiger charge is -2.28. The molecule has 12 heteroatoms. The van der Waals surface area contributed by atoms with Gasteiger partial charge in [-0.05, 0) is 74.2 Å². The molecule has 5 rings (SSSR count). The number of halogens is 3.